The van der Waals surface area contributed by atoms with Gasteiger partial charge in [-0.2, -0.15) is 5.10 Å². The van der Waals surface area contributed by atoms with Gasteiger partial charge in [-0.1, -0.05) is 5.16 Å². The van der Waals surface area contributed by atoms with Gasteiger partial charge in [0.25, 0.3) is 0 Å². The molecule has 1 heterocycles. The summed E-state index contributed by atoms with van der Waals surface area (Å²) >= 11 is 0. The Kier molecular flexibility index (Phi) is 3.95. The highest BCUT2D eigenvalue weighted by molar-refractivity contribution is 6.05. The molecule has 1 amide bonds. The van der Waals surface area contributed by atoms with Crippen LogP contribution >= 0.6 is 0 Å². The van der Waals surface area contributed by atoms with Crippen LogP contribution in [0.4, 0.5) is 0 Å². The van der Waals surface area contributed by atoms with Crippen LogP contribution in [0.15, 0.2) is 11.4 Å². The molecule has 0 bridgehead atoms. The van der Waals surface area contributed by atoms with Crippen LogP contribution in [0, 0.1) is 12.3 Å². The average molecular weight is 253 g/mol. The smallest absolute Gasteiger partial charge is 0.233 e. The van der Waals surface area contributed by atoms with Crippen LogP contribution in [-0.4, -0.2) is 26.7 Å². The maximum atomic E-state index is 11.9. The Morgan fingerprint density at radius 3 is 2.72 bits per heavy atom. The molecule has 1 aromatic rings. The highest BCUT2D eigenvalue weighted by Crippen LogP contribution is 2.15. The first-order chi connectivity index (χ1) is 8.30. The lowest BCUT2D eigenvalue weighted by atomic mass is 9.91. The molecular formula is C11H19N5O2. The Hall–Kier alpha value is -2.05. The van der Waals surface area contributed by atoms with E-state index in [-0.39, 0.29) is 11.7 Å². The minimum atomic E-state index is -1.05. The number of nitrogens with zero attached hydrogens (tertiary/aromatic N) is 3. The van der Waals surface area contributed by atoms with E-state index in [1.165, 1.54) is 0 Å². The largest absolute Gasteiger partial charge is 0.409 e. The van der Waals surface area contributed by atoms with E-state index in [4.69, 9.17) is 10.9 Å². The highest BCUT2D eigenvalue weighted by atomic mass is 16.4. The van der Waals surface area contributed by atoms with Gasteiger partial charge in [-0.25, -0.2) is 0 Å². The summed E-state index contributed by atoms with van der Waals surface area (Å²) < 4.78 is 1.73. The van der Waals surface area contributed by atoms with E-state index >= 15 is 0 Å². The van der Waals surface area contributed by atoms with Crippen molar-refractivity contribution in [2.75, 3.05) is 0 Å². The topological polar surface area (TPSA) is 106 Å². The lowest BCUT2D eigenvalue weighted by Crippen LogP contribution is -2.45. The van der Waals surface area contributed by atoms with Crippen molar-refractivity contribution in [1.29, 1.82) is 0 Å². The normalized spacial score (nSPS) is 12.6. The van der Waals surface area contributed by atoms with Gasteiger partial charge in [0.05, 0.1) is 6.20 Å². The molecule has 0 atom stereocenters. The number of hydrogen-bond donors (Lipinski definition) is 3. The molecule has 4 N–H and O–H groups in total. The van der Waals surface area contributed by atoms with Gasteiger partial charge < -0.3 is 16.3 Å². The van der Waals surface area contributed by atoms with Gasteiger partial charge in [0.15, 0.2) is 5.84 Å². The second-order valence-electron chi connectivity index (χ2n) is 4.67. The standard InChI is InChI=1S/C11H19N5O2/c1-7-8(6-14-16(7)4)5-13-10(17)11(2,3)9(12)15-18/h6,18H,5H2,1-4H3,(H2,12,15)(H,13,17). The number of amides is 1. The van der Waals surface area contributed by atoms with E-state index in [1.807, 2.05) is 14.0 Å². The molecule has 7 nitrogen and oxygen atoms in total. The molecule has 0 unspecified atom stereocenters. The molecular weight excluding hydrogens is 234 g/mol. The molecule has 0 aliphatic carbocycles. The zero-order chi connectivity index (χ0) is 13.9. The monoisotopic (exact) mass is 253 g/mol. The maximum absolute atomic E-state index is 11.9. The quantitative estimate of drug-likeness (QED) is 0.306. The van der Waals surface area contributed by atoms with Crippen LogP contribution in [0.5, 0.6) is 0 Å². The number of aryl methyl sites for hydroxylation is 1. The summed E-state index contributed by atoms with van der Waals surface area (Å²) in [6.45, 7) is 5.46. The van der Waals surface area contributed by atoms with Gasteiger partial charge >= 0.3 is 0 Å². The van der Waals surface area contributed by atoms with Gasteiger partial charge in [0.1, 0.15) is 5.41 Å². The summed E-state index contributed by atoms with van der Waals surface area (Å²) in [6, 6.07) is 0. The Morgan fingerprint density at radius 1 is 1.67 bits per heavy atom. The van der Waals surface area contributed by atoms with E-state index in [2.05, 4.69) is 15.6 Å². The molecule has 0 aromatic carbocycles. The van der Waals surface area contributed by atoms with Gasteiger partial charge in [0, 0.05) is 24.8 Å². The summed E-state index contributed by atoms with van der Waals surface area (Å²) in [5.41, 5.74) is 6.34. The zero-order valence-electron chi connectivity index (χ0n) is 11.1. The van der Waals surface area contributed by atoms with E-state index in [1.54, 1.807) is 24.7 Å². The van der Waals surface area contributed by atoms with E-state index < -0.39 is 5.41 Å². The molecule has 0 spiro atoms. The predicted molar refractivity (Wildman–Crippen MR) is 67.0 cm³/mol. The summed E-state index contributed by atoms with van der Waals surface area (Å²) in [7, 11) is 1.83. The molecule has 1 aromatic heterocycles. The highest BCUT2D eigenvalue weighted by Gasteiger charge is 2.32. The number of carbonyl (C=O) groups excluding carboxylic acids is 1. The fourth-order valence-electron chi connectivity index (χ4n) is 1.36. The lowest BCUT2D eigenvalue weighted by molar-refractivity contribution is -0.126. The zero-order valence-corrected chi connectivity index (χ0v) is 11.1. The third-order valence-corrected chi connectivity index (χ3v) is 3.09. The van der Waals surface area contributed by atoms with Crippen LogP contribution < -0.4 is 11.1 Å². The van der Waals surface area contributed by atoms with Crippen molar-refractivity contribution in [2.45, 2.75) is 27.3 Å². The molecule has 18 heavy (non-hydrogen) atoms. The lowest BCUT2D eigenvalue weighted by Gasteiger charge is -2.21. The van der Waals surface area contributed by atoms with Gasteiger partial charge in [-0.05, 0) is 20.8 Å². The van der Waals surface area contributed by atoms with E-state index in [0.29, 0.717) is 6.54 Å². The van der Waals surface area contributed by atoms with Crippen molar-refractivity contribution >= 4 is 11.7 Å². The fraction of sp³-hybridized carbons (Fsp3) is 0.545. The molecule has 0 saturated carbocycles. The van der Waals surface area contributed by atoms with Gasteiger partial charge in [0.2, 0.25) is 5.91 Å². The van der Waals surface area contributed by atoms with Crippen LogP contribution in [0.1, 0.15) is 25.1 Å². The number of amidine groups is 1. The van der Waals surface area contributed by atoms with Crippen molar-refractivity contribution in [1.82, 2.24) is 15.1 Å². The SMILES string of the molecule is Cc1c(CNC(=O)C(C)(C)C(N)=NO)cnn1C. The van der Waals surface area contributed by atoms with Crippen molar-refractivity contribution < 1.29 is 10.0 Å². The average Bonchev–Trinajstić information content (AvgIpc) is 2.65. The summed E-state index contributed by atoms with van der Waals surface area (Å²) in [4.78, 5) is 11.9. The number of rotatable bonds is 4. The fourth-order valence-corrected chi connectivity index (χ4v) is 1.36. The molecule has 0 aliphatic heterocycles. The number of hydrogen-bond acceptors (Lipinski definition) is 4. The summed E-state index contributed by atoms with van der Waals surface area (Å²) in [6.07, 6.45) is 1.70. The Bertz CT molecular complexity index is 476. The first kappa shape index (κ1) is 14.0. The Morgan fingerprint density at radius 2 is 2.28 bits per heavy atom. The van der Waals surface area contributed by atoms with Gasteiger partial charge in [-0.3, -0.25) is 9.48 Å². The van der Waals surface area contributed by atoms with Crippen LogP contribution in [0.2, 0.25) is 0 Å². The Labute approximate surface area is 106 Å². The first-order valence-corrected chi connectivity index (χ1v) is 5.54. The minimum absolute atomic E-state index is 0.122. The molecule has 0 radical (unpaired) electrons. The van der Waals surface area contributed by atoms with Crippen molar-refractivity contribution in [2.24, 2.45) is 23.4 Å². The number of aromatic nitrogens is 2. The second kappa shape index (κ2) is 5.07. The molecule has 0 saturated heterocycles. The van der Waals surface area contributed by atoms with E-state index in [9.17, 15) is 4.79 Å². The molecule has 0 fully saturated rings. The van der Waals surface area contributed by atoms with Crippen molar-refractivity contribution in [3.8, 4) is 0 Å². The molecule has 7 heteroatoms. The maximum Gasteiger partial charge on any atom is 0.233 e. The first-order valence-electron chi connectivity index (χ1n) is 5.54. The predicted octanol–water partition coefficient (Wildman–Crippen LogP) is 0.117. The second-order valence-corrected chi connectivity index (χ2v) is 4.67. The molecule has 1 rings (SSSR count). The third-order valence-electron chi connectivity index (χ3n) is 3.09. The summed E-state index contributed by atoms with van der Waals surface area (Å²) in [5.74, 6) is -0.427. The number of carbonyl (C=O) groups is 1. The minimum Gasteiger partial charge on any atom is -0.409 e. The summed E-state index contributed by atoms with van der Waals surface area (Å²) in [5, 5.41) is 18.3. The molecule has 100 valence electrons. The number of nitrogens with two attached hydrogens (primary N) is 1. The van der Waals surface area contributed by atoms with Crippen LogP contribution in [0.3, 0.4) is 0 Å². The molecule has 0 aliphatic rings. The number of oxime groups is 1. The van der Waals surface area contributed by atoms with Crippen molar-refractivity contribution in [3.63, 3.8) is 0 Å². The number of nitrogens with one attached hydrogen (secondary N) is 1. The van der Waals surface area contributed by atoms with Crippen LogP contribution in [-0.2, 0) is 18.4 Å². The van der Waals surface area contributed by atoms with E-state index in [0.717, 1.165) is 11.3 Å². The van der Waals surface area contributed by atoms with Crippen LogP contribution in [0.25, 0.3) is 0 Å². The van der Waals surface area contributed by atoms with Gasteiger partial charge in [-0.15, -0.1) is 0 Å². The van der Waals surface area contributed by atoms with Crippen molar-refractivity contribution in [3.05, 3.63) is 17.5 Å². The Balaban J connectivity index is 2.70. The third kappa shape index (κ3) is 2.61.